The summed E-state index contributed by atoms with van der Waals surface area (Å²) in [4.78, 5) is 8.67. The van der Waals surface area contributed by atoms with Gasteiger partial charge in [-0.3, -0.25) is 0 Å². The molecule has 0 atom stereocenters. The maximum atomic E-state index is 5.98. The lowest BCUT2D eigenvalue weighted by molar-refractivity contribution is 0.544. The molecule has 1 aromatic rings. The van der Waals surface area contributed by atoms with E-state index < -0.39 is 0 Å². The highest BCUT2D eigenvalue weighted by atomic mass is 35.5. The van der Waals surface area contributed by atoms with Crippen LogP contribution in [0.1, 0.15) is 58.7 Å². The van der Waals surface area contributed by atoms with E-state index in [1.807, 2.05) is 0 Å². The minimum Gasteiger partial charge on any atom is -0.370 e. The molecule has 0 aliphatic heterocycles. The minimum absolute atomic E-state index is 0.296. The molecule has 0 saturated carbocycles. The lowest BCUT2D eigenvalue weighted by Gasteiger charge is -2.10. The third-order valence-electron chi connectivity index (χ3n) is 2.74. The van der Waals surface area contributed by atoms with Gasteiger partial charge in [0.15, 0.2) is 0 Å². The van der Waals surface area contributed by atoms with Crippen molar-refractivity contribution in [2.45, 2.75) is 52.9 Å². The lowest BCUT2D eigenvalue weighted by Crippen LogP contribution is -2.07. The molecule has 1 N–H and O–H groups in total. The summed E-state index contributed by atoms with van der Waals surface area (Å²) < 4.78 is 0. The van der Waals surface area contributed by atoms with Crippen LogP contribution in [0.2, 0.25) is 5.15 Å². The molecule has 0 saturated heterocycles. The molecule has 1 rings (SSSR count). The molecule has 1 heterocycles. The van der Waals surface area contributed by atoms with E-state index in [2.05, 4.69) is 43.0 Å². The van der Waals surface area contributed by atoms with E-state index in [1.165, 1.54) is 12.8 Å². The monoisotopic (exact) mass is 269 g/mol. The number of rotatable bonds is 7. The summed E-state index contributed by atoms with van der Waals surface area (Å²) in [5, 5.41) is 3.83. The molecule has 0 aromatic carbocycles. The van der Waals surface area contributed by atoms with E-state index in [4.69, 9.17) is 11.6 Å². The summed E-state index contributed by atoms with van der Waals surface area (Å²) in [6.07, 6.45) is 3.70. The summed E-state index contributed by atoms with van der Waals surface area (Å²) in [6.45, 7) is 9.59. The van der Waals surface area contributed by atoms with E-state index in [1.54, 1.807) is 6.07 Å². The van der Waals surface area contributed by atoms with Gasteiger partial charge in [-0.05, 0) is 12.3 Å². The van der Waals surface area contributed by atoms with Crippen molar-refractivity contribution >= 4 is 17.4 Å². The second kappa shape index (κ2) is 7.57. The Labute approximate surface area is 115 Å². The second-order valence-corrected chi connectivity index (χ2v) is 5.79. The zero-order valence-corrected chi connectivity index (χ0v) is 12.6. The van der Waals surface area contributed by atoms with Crippen molar-refractivity contribution in [2.24, 2.45) is 5.92 Å². The van der Waals surface area contributed by atoms with Crippen molar-refractivity contribution in [3.05, 3.63) is 17.0 Å². The molecule has 0 unspecified atom stereocenters. The zero-order valence-electron chi connectivity index (χ0n) is 11.8. The van der Waals surface area contributed by atoms with E-state index in [9.17, 15) is 0 Å². The fraction of sp³-hybridized carbons (Fsp3) is 0.714. The summed E-state index contributed by atoms with van der Waals surface area (Å²) in [6, 6.07) is 1.79. The van der Waals surface area contributed by atoms with Gasteiger partial charge in [-0.15, -0.1) is 0 Å². The minimum atomic E-state index is 0.296. The highest BCUT2D eigenvalue weighted by Gasteiger charge is 2.06. The van der Waals surface area contributed by atoms with Crippen molar-refractivity contribution in [1.29, 1.82) is 0 Å². The molecular weight excluding hydrogens is 246 g/mol. The maximum absolute atomic E-state index is 5.98. The Morgan fingerprint density at radius 2 is 1.89 bits per heavy atom. The van der Waals surface area contributed by atoms with E-state index in [-0.39, 0.29) is 0 Å². The first-order valence-electron chi connectivity index (χ1n) is 6.77. The Morgan fingerprint density at radius 3 is 2.50 bits per heavy atom. The van der Waals surface area contributed by atoms with Gasteiger partial charge in [0.2, 0.25) is 0 Å². The Kier molecular flexibility index (Phi) is 6.41. The third-order valence-corrected chi connectivity index (χ3v) is 2.94. The normalized spacial score (nSPS) is 11.3. The van der Waals surface area contributed by atoms with Gasteiger partial charge < -0.3 is 5.32 Å². The Hall–Kier alpha value is -0.830. The second-order valence-electron chi connectivity index (χ2n) is 5.41. The standard InChI is InChI=1S/C14H24ClN3/c1-10(2)7-5-6-8-16-13-9-12(15)17-14(18-13)11(3)4/h9-11H,5-8H2,1-4H3,(H,16,17,18). The zero-order chi connectivity index (χ0) is 13.5. The molecule has 0 amide bonds. The van der Waals surface area contributed by atoms with Crippen LogP contribution < -0.4 is 5.32 Å². The quantitative estimate of drug-likeness (QED) is 0.585. The first kappa shape index (κ1) is 15.2. The molecular formula is C14H24ClN3. The first-order chi connectivity index (χ1) is 8.49. The highest BCUT2D eigenvalue weighted by Crippen LogP contribution is 2.17. The molecule has 0 aliphatic rings. The molecule has 3 nitrogen and oxygen atoms in total. The number of halogens is 1. The number of nitrogens with one attached hydrogen (secondary N) is 1. The van der Waals surface area contributed by atoms with Crippen LogP contribution in [0.15, 0.2) is 6.07 Å². The van der Waals surface area contributed by atoms with Crippen LogP contribution in [0.5, 0.6) is 0 Å². The Morgan fingerprint density at radius 1 is 1.17 bits per heavy atom. The van der Waals surface area contributed by atoms with Gasteiger partial charge >= 0.3 is 0 Å². The largest absolute Gasteiger partial charge is 0.370 e. The van der Waals surface area contributed by atoms with Gasteiger partial charge in [-0.25, -0.2) is 9.97 Å². The number of hydrogen-bond acceptors (Lipinski definition) is 3. The van der Waals surface area contributed by atoms with Crippen LogP contribution in [-0.2, 0) is 0 Å². The first-order valence-corrected chi connectivity index (χ1v) is 7.15. The fourth-order valence-corrected chi connectivity index (χ4v) is 1.87. The van der Waals surface area contributed by atoms with Crippen LogP contribution in [0.4, 0.5) is 5.82 Å². The third kappa shape index (κ3) is 5.67. The number of nitrogens with zero attached hydrogens (tertiary/aromatic N) is 2. The molecule has 0 spiro atoms. The number of unbranched alkanes of at least 4 members (excludes halogenated alkanes) is 1. The summed E-state index contributed by atoms with van der Waals surface area (Å²) in [5.74, 6) is 2.71. The average molecular weight is 270 g/mol. The molecule has 0 radical (unpaired) electrons. The van der Waals surface area contributed by atoms with Gasteiger partial charge in [-0.1, -0.05) is 52.1 Å². The SMILES string of the molecule is CC(C)CCCCNc1cc(Cl)nc(C(C)C)n1. The highest BCUT2D eigenvalue weighted by molar-refractivity contribution is 6.29. The Balaban J connectivity index is 2.42. The van der Waals surface area contributed by atoms with E-state index in [0.29, 0.717) is 11.1 Å². The van der Waals surface area contributed by atoms with Crippen LogP contribution >= 0.6 is 11.6 Å². The predicted molar refractivity (Wildman–Crippen MR) is 78.3 cm³/mol. The van der Waals surface area contributed by atoms with Gasteiger partial charge in [-0.2, -0.15) is 0 Å². The van der Waals surface area contributed by atoms with Crippen molar-refractivity contribution in [2.75, 3.05) is 11.9 Å². The summed E-state index contributed by atoms with van der Waals surface area (Å²) in [5.41, 5.74) is 0. The Bertz CT molecular complexity index is 364. The molecule has 102 valence electrons. The van der Waals surface area contributed by atoms with Crippen LogP contribution in [0, 0.1) is 5.92 Å². The predicted octanol–water partition coefficient (Wildman–Crippen LogP) is 4.49. The molecule has 18 heavy (non-hydrogen) atoms. The van der Waals surface area contributed by atoms with E-state index >= 15 is 0 Å². The smallest absolute Gasteiger partial charge is 0.135 e. The number of anilines is 1. The topological polar surface area (TPSA) is 37.8 Å². The van der Waals surface area contributed by atoms with Gasteiger partial charge in [0.1, 0.15) is 16.8 Å². The van der Waals surface area contributed by atoms with Crippen molar-refractivity contribution in [1.82, 2.24) is 9.97 Å². The number of aromatic nitrogens is 2. The van der Waals surface area contributed by atoms with Gasteiger partial charge in [0, 0.05) is 18.5 Å². The molecule has 4 heteroatoms. The molecule has 1 aromatic heterocycles. The van der Waals surface area contributed by atoms with Crippen molar-refractivity contribution in [3.8, 4) is 0 Å². The van der Waals surface area contributed by atoms with Crippen molar-refractivity contribution in [3.63, 3.8) is 0 Å². The maximum Gasteiger partial charge on any atom is 0.135 e. The van der Waals surface area contributed by atoms with Gasteiger partial charge in [0.05, 0.1) is 0 Å². The lowest BCUT2D eigenvalue weighted by atomic mass is 10.1. The van der Waals surface area contributed by atoms with Crippen molar-refractivity contribution < 1.29 is 0 Å². The van der Waals surface area contributed by atoms with Crippen LogP contribution in [0.3, 0.4) is 0 Å². The fourth-order valence-electron chi connectivity index (χ4n) is 1.68. The van der Waals surface area contributed by atoms with Gasteiger partial charge in [0.25, 0.3) is 0 Å². The average Bonchev–Trinajstić information content (AvgIpc) is 2.27. The van der Waals surface area contributed by atoms with Crippen LogP contribution in [-0.4, -0.2) is 16.5 Å². The van der Waals surface area contributed by atoms with E-state index in [0.717, 1.165) is 30.5 Å². The summed E-state index contributed by atoms with van der Waals surface area (Å²) >= 11 is 5.98. The molecule has 0 bridgehead atoms. The van der Waals surface area contributed by atoms with Crippen LogP contribution in [0.25, 0.3) is 0 Å². The number of hydrogen-bond donors (Lipinski definition) is 1. The summed E-state index contributed by atoms with van der Waals surface area (Å²) in [7, 11) is 0. The molecule has 0 fully saturated rings. The molecule has 0 aliphatic carbocycles.